The monoisotopic (exact) mass is 346 g/mol. The van der Waals surface area contributed by atoms with Crippen molar-refractivity contribution < 1.29 is 9.84 Å². The number of aromatic nitrogens is 2. The van der Waals surface area contributed by atoms with Gasteiger partial charge in [-0.15, -0.1) is 0 Å². The molecule has 0 saturated carbocycles. The number of imidazole rings is 1. The highest BCUT2D eigenvalue weighted by Crippen LogP contribution is 2.27. The van der Waals surface area contributed by atoms with Crippen LogP contribution in [0.5, 0.6) is 11.6 Å². The molecular formula is C21H18N2O3. The molecule has 0 aliphatic rings. The Kier molecular flexibility index (Phi) is 3.97. The van der Waals surface area contributed by atoms with Crippen molar-refractivity contribution in [3.8, 4) is 17.3 Å². The topological polar surface area (TPSA) is 67.2 Å². The third-order valence-corrected chi connectivity index (χ3v) is 4.46. The van der Waals surface area contributed by atoms with Crippen LogP contribution in [-0.2, 0) is 6.42 Å². The van der Waals surface area contributed by atoms with Gasteiger partial charge in [0.15, 0.2) is 0 Å². The molecule has 0 atom stereocenters. The van der Waals surface area contributed by atoms with Crippen LogP contribution < -0.4 is 10.4 Å². The minimum atomic E-state index is -0.400. The van der Waals surface area contributed by atoms with Crippen molar-refractivity contribution in [1.82, 2.24) is 9.55 Å². The van der Waals surface area contributed by atoms with Crippen LogP contribution in [0.15, 0.2) is 71.5 Å². The van der Waals surface area contributed by atoms with E-state index in [2.05, 4.69) is 17.1 Å². The maximum Gasteiger partial charge on any atom is 0.333 e. The normalized spacial score (nSPS) is 11.0. The van der Waals surface area contributed by atoms with Gasteiger partial charge in [0.25, 0.3) is 0 Å². The average Bonchev–Trinajstić information content (AvgIpc) is 2.94. The van der Waals surface area contributed by atoms with Crippen LogP contribution in [-0.4, -0.2) is 21.8 Å². The molecule has 130 valence electrons. The second-order valence-electron chi connectivity index (χ2n) is 6.10. The summed E-state index contributed by atoms with van der Waals surface area (Å²) in [6, 6.07) is 21.3. The number of nitrogens with zero attached hydrogens (tertiary/aromatic N) is 1. The van der Waals surface area contributed by atoms with Gasteiger partial charge in [-0.2, -0.15) is 0 Å². The van der Waals surface area contributed by atoms with Gasteiger partial charge in [-0.3, -0.25) is 0 Å². The molecule has 5 nitrogen and oxygen atoms in total. The van der Waals surface area contributed by atoms with Gasteiger partial charge in [-0.25, -0.2) is 9.36 Å². The summed E-state index contributed by atoms with van der Waals surface area (Å²) in [6.45, 7) is 0. The Morgan fingerprint density at radius 3 is 2.54 bits per heavy atom. The molecule has 2 N–H and O–H groups in total. The number of methoxy groups -OCH3 is 1. The summed E-state index contributed by atoms with van der Waals surface area (Å²) >= 11 is 0. The summed E-state index contributed by atoms with van der Waals surface area (Å²) in [4.78, 5) is 15.2. The molecule has 3 aromatic carbocycles. The van der Waals surface area contributed by atoms with E-state index in [1.165, 1.54) is 11.7 Å². The van der Waals surface area contributed by atoms with E-state index in [9.17, 15) is 9.90 Å². The van der Waals surface area contributed by atoms with Gasteiger partial charge in [0.2, 0.25) is 5.88 Å². The quantitative estimate of drug-likeness (QED) is 0.593. The molecular weight excluding hydrogens is 328 g/mol. The number of H-pyrrole nitrogens is 1. The molecule has 0 fully saturated rings. The smallest absolute Gasteiger partial charge is 0.333 e. The predicted molar refractivity (Wildman–Crippen MR) is 101 cm³/mol. The molecule has 0 spiro atoms. The Balaban J connectivity index is 1.75. The second-order valence-corrected chi connectivity index (χ2v) is 6.10. The van der Waals surface area contributed by atoms with E-state index in [1.807, 2.05) is 36.4 Å². The Morgan fingerprint density at radius 1 is 1.00 bits per heavy atom. The Morgan fingerprint density at radius 2 is 1.73 bits per heavy atom. The van der Waals surface area contributed by atoms with Gasteiger partial charge in [0.05, 0.1) is 18.5 Å². The minimum Gasteiger partial charge on any atom is -0.495 e. The maximum atomic E-state index is 12.4. The predicted octanol–water partition coefficient (Wildman–Crippen LogP) is 3.62. The van der Waals surface area contributed by atoms with Crippen LogP contribution in [0.25, 0.3) is 16.5 Å². The maximum absolute atomic E-state index is 12.4. The first-order valence-corrected chi connectivity index (χ1v) is 8.31. The number of nitrogens with one attached hydrogen (secondary N) is 1. The molecule has 5 heteroatoms. The van der Waals surface area contributed by atoms with Crippen LogP contribution in [0.3, 0.4) is 0 Å². The zero-order chi connectivity index (χ0) is 18.1. The summed E-state index contributed by atoms with van der Waals surface area (Å²) in [6.07, 6.45) is 0.425. The number of ether oxygens (including phenoxy) is 1. The summed E-state index contributed by atoms with van der Waals surface area (Å²) in [5, 5.41) is 12.9. The molecule has 1 heterocycles. The lowest BCUT2D eigenvalue weighted by molar-refractivity contribution is 0.404. The fraction of sp³-hybridized carbons (Fsp3) is 0.0952. The highest BCUT2D eigenvalue weighted by molar-refractivity contribution is 5.83. The van der Waals surface area contributed by atoms with Gasteiger partial charge < -0.3 is 14.8 Å². The van der Waals surface area contributed by atoms with Crippen molar-refractivity contribution in [2.75, 3.05) is 7.11 Å². The van der Waals surface area contributed by atoms with Gasteiger partial charge in [0, 0.05) is 6.42 Å². The Bertz CT molecular complexity index is 1140. The van der Waals surface area contributed by atoms with Crippen LogP contribution in [0.4, 0.5) is 0 Å². The molecule has 0 aliphatic heterocycles. The van der Waals surface area contributed by atoms with Crippen molar-refractivity contribution in [1.29, 1.82) is 0 Å². The lowest BCUT2D eigenvalue weighted by Gasteiger charge is -2.09. The highest BCUT2D eigenvalue weighted by atomic mass is 16.5. The zero-order valence-corrected chi connectivity index (χ0v) is 14.3. The molecule has 0 unspecified atom stereocenters. The van der Waals surface area contributed by atoms with Crippen LogP contribution in [0, 0.1) is 0 Å². The first kappa shape index (κ1) is 16.0. The molecule has 4 rings (SSSR count). The van der Waals surface area contributed by atoms with E-state index >= 15 is 0 Å². The van der Waals surface area contributed by atoms with Crippen molar-refractivity contribution in [3.63, 3.8) is 0 Å². The highest BCUT2D eigenvalue weighted by Gasteiger charge is 2.17. The SMILES string of the molecule is COc1ccccc1-n1c(O)c(Cc2ccc3ccccc3c2)[nH]c1=O. The summed E-state index contributed by atoms with van der Waals surface area (Å²) in [7, 11) is 1.53. The number of rotatable bonds is 4. The third kappa shape index (κ3) is 2.73. The molecule has 0 saturated heterocycles. The summed E-state index contributed by atoms with van der Waals surface area (Å²) < 4.78 is 6.53. The first-order chi connectivity index (χ1) is 12.7. The largest absolute Gasteiger partial charge is 0.495 e. The van der Waals surface area contributed by atoms with Crippen LogP contribution in [0.2, 0.25) is 0 Å². The molecule has 4 aromatic rings. The molecule has 0 aliphatic carbocycles. The first-order valence-electron chi connectivity index (χ1n) is 8.31. The molecule has 1 aromatic heterocycles. The van der Waals surface area contributed by atoms with Crippen LogP contribution in [0.1, 0.15) is 11.3 Å². The summed E-state index contributed by atoms with van der Waals surface area (Å²) in [5.41, 5.74) is 1.57. The second kappa shape index (κ2) is 6.44. The number of aromatic hydroxyl groups is 1. The lowest BCUT2D eigenvalue weighted by atomic mass is 10.0. The number of para-hydroxylation sites is 2. The number of hydrogen-bond acceptors (Lipinski definition) is 3. The van der Waals surface area contributed by atoms with Crippen molar-refractivity contribution in [2.45, 2.75) is 6.42 Å². The minimum absolute atomic E-state index is 0.104. The fourth-order valence-electron chi connectivity index (χ4n) is 3.19. The van der Waals surface area contributed by atoms with Crippen molar-refractivity contribution in [3.05, 3.63) is 88.5 Å². The van der Waals surface area contributed by atoms with E-state index in [0.717, 1.165) is 16.3 Å². The number of fused-ring (bicyclic) bond motifs is 1. The van der Waals surface area contributed by atoms with Gasteiger partial charge in [0.1, 0.15) is 5.75 Å². The number of benzene rings is 3. The lowest BCUT2D eigenvalue weighted by Crippen LogP contribution is -2.15. The molecule has 0 amide bonds. The zero-order valence-electron chi connectivity index (χ0n) is 14.3. The van der Waals surface area contributed by atoms with E-state index in [-0.39, 0.29) is 5.88 Å². The van der Waals surface area contributed by atoms with Crippen molar-refractivity contribution in [2.24, 2.45) is 0 Å². The number of aromatic amines is 1. The third-order valence-electron chi connectivity index (χ3n) is 4.46. The Labute approximate surface area is 150 Å². The van der Waals surface area contributed by atoms with E-state index in [0.29, 0.717) is 23.6 Å². The molecule has 26 heavy (non-hydrogen) atoms. The van der Waals surface area contributed by atoms with E-state index in [1.54, 1.807) is 18.2 Å². The molecule has 0 bridgehead atoms. The number of hydrogen-bond donors (Lipinski definition) is 2. The van der Waals surface area contributed by atoms with E-state index < -0.39 is 5.69 Å². The van der Waals surface area contributed by atoms with Crippen molar-refractivity contribution >= 4 is 10.8 Å². The van der Waals surface area contributed by atoms with Gasteiger partial charge in [-0.1, -0.05) is 54.6 Å². The van der Waals surface area contributed by atoms with Gasteiger partial charge in [-0.05, 0) is 28.5 Å². The average molecular weight is 346 g/mol. The van der Waals surface area contributed by atoms with E-state index in [4.69, 9.17) is 4.74 Å². The van der Waals surface area contributed by atoms with Gasteiger partial charge >= 0.3 is 5.69 Å². The summed E-state index contributed by atoms with van der Waals surface area (Å²) in [5.74, 6) is 0.411. The fourth-order valence-corrected chi connectivity index (χ4v) is 3.19. The van der Waals surface area contributed by atoms with Crippen LogP contribution >= 0.6 is 0 Å². The Hall–Kier alpha value is -3.47. The standard InChI is InChI=1S/C21H18N2O3/c1-26-19-9-5-4-8-18(19)23-20(24)17(22-21(23)25)13-14-10-11-15-6-2-3-7-16(15)12-14/h2-12,24H,13H2,1H3,(H,22,25). The molecule has 0 radical (unpaired) electrons.